The van der Waals surface area contributed by atoms with Crippen LogP contribution in [0, 0.1) is 0 Å². The second-order valence-corrected chi connectivity index (χ2v) is 12.4. The highest BCUT2D eigenvalue weighted by atomic mass is 19.4. The van der Waals surface area contributed by atoms with E-state index in [1.165, 1.54) is 0 Å². The first-order valence-corrected chi connectivity index (χ1v) is 16.2. The first kappa shape index (κ1) is 44.3. The number of carbonyl (C=O) groups excluding carboxylic acids is 6. The molecule has 2 N–H and O–H groups in total. The number of aliphatic hydroxyl groups excluding tert-OH is 2. The molecule has 3 fully saturated rings. The van der Waals surface area contributed by atoms with Gasteiger partial charge in [-0.15, -0.1) is 0 Å². The third kappa shape index (κ3) is 8.25. The van der Waals surface area contributed by atoms with Gasteiger partial charge in [-0.1, -0.05) is 36.5 Å². The maximum absolute atomic E-state index is 13.1. The molecule has 2 spiro atoms. The van der Waals surface area contributed by atoms with Crippen LogP contribution in [0.3, 0.4) is 0 Å². The van der Waals surface area contributed by atoms with Gasteiger partial charge in [0.15, 0.2) is 6.67 Å². The minimum absolute atomic E-state index is 0.364. The van der Waals surface area contributed by atoms with E-state index in [9.17, 15) is 82.9 Å². The fraction of sp³-hybridized carbons (Fsp3) is 0.353. The summed E-state index contributed by atoms with van der Waals surface area (Å²) in [6, 6.07) is 0. The van der Waals surface area contributed by atoms with Gasteiger partial charge >= 0.3 is 65.9 Å². The standard InChI is InChI=1S/C34H22F10O16/c35-15-30(32(36,37)38)57-24(49)18(25(50)58-30)9-5-1-3-7-16-20(45)53-28(54-21(16)46)11-13-29(14-12-28)55-22(47)17(23(48)56-29)8-4-2-6-10-19-26(51)59-31(33(39,40)41,34(42,43)44)60-27(19)52/h1-10,49,51H,11-15H2/b3-1+,4-2+,9-5+,10-6+,16-7?,17-8?. The Morgan fingerprint density at radius 2 is 0.833 bits per heavy atom. The van der Waals surface area contributed by atoms with Crippen LogP contribution < -0.4 is 0 Å². The Morgan fingerprint density at radius 1 is 0.467 bits per heavy atom. The van der Waals surface area contributed by atoms with E-state index in [-0.39, 0.29) is 25.7 Å². The van der Waals surface area contributed by atoms with Crippen molar-refractivity contribution in [3.05, 3.63) is 94.9 Å². The summed E-state index contributed by atoms with van der Waals surface area (Å²) in [4.78, 5) is 74.8. The predicted molar refractivity (Wildman–Crippen MR) is 164 cm³/mol. The van der Waals surface area contributed by atoms with Gasteiger partial charge in [-0.25, -0.2) is 33.2 Å². The topological polar surface area (TPSA) is 217 Å². The zero-order valence-electron chi connectivity index (χ0n) is 29.2. The number of allylic oxidation sites excluding steroid dienone is 8. The second kappa shape index (κ2) is 15.4. The lowest BCUT2D eigenvalue weighted by molar-refractivity contribution is -0.456. The van der Waals surface area contributed by atoms with E-state index in [0.717, 1.165) is 48.6 Å². The van der Waals surface area contributed by atoms with Gasteiger partial charge in [0.25, 0.3) is 23.5 Å². The van der Waals surface area contributed by atoms with Crippen LogP contribution in [0.25, 0.3) is 0 Å². The number of rotatable bonds is 7. The van der Waals surface area contributed by atoms with Gasteiger partial charge in [-0.2, -0.15) is 39.5 Å². The summed E-state index contributed by atoms with van der Waals surface area (Å²) in [5, 5.41) is 19.4. The van der Waals surface area contributed by atoms with Crippen molar-refractivity contribution >= 4 is 35.8 Å². The lowest BCUT2D eigenvalue weighted by Crippen LogP contribution is -2.63. The Hall–Kier alpha value is -6.76. The molecule has 5 rings (SSSR count). The predicted octanol–water partition coefficient (Wildman–Crippen LogP) is 4.97. The highest BCUT2D eigenvalue weighted by Crippen LogP contribution is 2.50. The molecule has 1 atom stereocenters. The van der Waals surface area contributed by atoms with E-state index in [4.69, 9.17) is 18.9 Å². The molecule has 0 aromatic heterocycles. The normalized spacial score (nSPS) is 27.9. The van der Waals surface area contributed by atoms with Crippen LogP contribution in [-0.4, -0.2) is 94.4 Å². The fourth-order valence-electron chi connectivity index (χ4n) is 5.46. The van der Waals surface area contributed by atoms with Crippen molar-refractivity contribution in [2.75, 3.05) is 6.67 Å². The number of halogens is 10. The average molecular weight is 877 g/mol. The molecule has 0 radical (unpaired) electrons. The van der Waals surface area contributed by atoms with Gasteiger partial charge in [0.05, 0.1) is 0 Å². The van der Waals surface area contributed by atoms with E-state index in [2.05, 4.69) is 18.9 Å². The van der Waals surface area contributed by atoms with Crippen LogP contribution in [0.2, 0.25) is 0 Å². The van der Waals surface area contributed by atoms with Crippen LogP contribution in [0.1, 0.15) is 25.7 Å². The summed E-state index contributed by atoms with van der Waals surface area (Å²) in [5.74, 6) is -26.0. The van der Waals surface area contributed by atoms with Crippen molar-refractivity contribution in [2.45, 2.75) is 67.4 Å². The van der Waals surface area contributed by atoms with Crippen LogP contribution >= 0.6 is 0 Å². The molecular formula is C34H22F10O16. The summed E-state index contributed by atoms with van der Waals surface area (Å²) >= 11 is 0. The monoisotopic (exact) mass is 876 g/mol. The summed E-state index contributed by atoms with van der Waals surface area (Å²) in [6.07, 6.45) is -11.2. The van der Waals surface area contributed by atoms with Gasteiger partial charge in [0.1, 0.15) is 22.3 Å². The summed E-state index contributed by atoms with van der Waals surface area (Å²) in [5.41, 5.74) is -3.58. The highest BCUT2D eigenvalue weighted by Gasteiger charge is 2.79. The quantitative estimate of drug-likeness (QED) is 0.0863. The molecule has 1 saturated carbocycles. The first-order valence-electron chi connectivity index (χ1n) is 16.2. The second-order valence-electron chi connectivity index (χ2n) is 12.4. The molecule has 2 saturated heterocycles. The maximum atomic E-state index is 13.1. The molecule has 0 bridgehead atoms. The van der Waals surface area contributed by atoms with Crippen molar-refractivity contribution in [2.24, 2.45) is 0 Å². The SMILES string of the molecule is O=C1OC2(CCC3(CC2)OC(=O)C(=C/C=C/C=C/C2=C(O)OC(C(F)(F)F)(C(F)(F)F)OC2=O)C(=O)O3)OC(=O)C1=C/C=C/C=C/C1=C(O)OC(CF)(C(F)(F)F)OC1=O. The van der Waals surface area contributed by atoms with Crippen molar-refractivity contribution in [3.8, 4) is 0 Å². The first-order chi connectivity index (χ1) is 27.7. The Kier molecular flexibility index (Phi) is 11.4. The van der Waals surface area contributed by atoms with Crippen LogP contribution in [0.15, 0.2) is 94.9 Å². The molecule has 16 nitrogen and oxygen atoms in total. The molecule has 5 aliphatic rings. The summed E-state index contributed by atoms with van der Waals surface area (Å²) < 4.78 is 167. The number of esters is 6. The Bertz CT molecular complexity index is 2070. The molecular weight excluding hydrogens is 854 g/mol. The third-order valence-corrected chi connectivity index (χ3v) is 8.51. The minimum atomic E-state index is -6.34. The van der Waals surface area contributed by atoms with Crippen LogP contribution in [0.4, 0.5) is 43.9 Å². The summed E-state index contributed by atoms with van der Waals surface area (Å²) in [6.45, 7) is -2.36. The van der Waals surface area contributed by atoms with E-state index in [1.54, 1.807) is 0 Å². The Morgan fingerprint density at radius 3 is 1.15 bits per heavy atom. The highest BCUT2D eigenvalue weighted by molar-refractivity contribution is 6.16. The maximum Gasteiger partial charge on any atom is 0.478 e. The molecule has 0 amide bonds. The van der Waals surface area contributed by atoms with Crippen molar-refractivity contribution in [1.29, 1.82) is 0 Å². The van der Waals surface area contributed by atoms with Crippen molar-refractivity contribution < 1.29 is 121 Å². The Balaban J connectivity index is 1.16. The fourth-order valence-corrected chi connectivity index (χ4v) is 5.46. The number of hydrogen-bond acceptors (Lipinski definition) is 16. The average Bonchev–Trinajstić information content (AvgIpc) is 3.11. The van der Waals surface area contributed by atoms with E-state index < -0.39 is 118 Å². The molecule has 60 heavy (non-hydrogen) atoms. The summed E-state index contributed by atoms with van der Waals surface area (Å²) in [7, 11) is 0. The zero-order valence-corrected chi connectivity index (χ0v) is 29.2. The van der Waals surface area contributed by atoms with Gasteiger partial charge in [-0.05, 0) is 24.3 Å². The van der Waals surface area contributed by atoms with E-state index in [1.807, 2.05) is 0 Å². The molecule has 1 unspecified atom stereocenters. The Labute approximate surface area is 325 Å². The molecule has 0 aromatic rings. The molecule has 4 heterocycles. The number of carbonyl (C=O) groups is 6. The third-order valence-electron chi connectivity index (χ3n) is 8.51. The molecule has 1 aliphatic carbocycles. The molecule has 0 aromatic carbocycles. The van der Waals surface area contributed by atoms with Gasteiger partial charge in [0.2, 0.25) is 0 Å². The van der Waals surface area contributed by atoms with E-state index >= 15 is 0 Å². The smallest absolute Gasteiger partial charge is 0.478 e. The number of alkyl halides is 10. The van der Waals surface area contributed by atoms with E-state index in [0.29, 0.717) is 12.2 Å². The van der Waals surface area contributed by atoms with Crippen LogP contribution in [0.5, 0.6) is 0 Å². The molecule has 26 heteroatoms. The van der Waals surface area contributed by atoms with Gasteiger partial charge < -0.3 is 48.1 Å². The molecule has 324 valence electrons. The lowest BCUT2D eigenvalue weighted by atomic mass is 9.87. The van der Waals surface area contributed by atoms with Crippen molar-refractivity contribution in [1.82, 2.24) is 0 Å². The number of aliphatic hydroxyl groups is 2. The number of cyclic esters (lactones) is 2. The minimum Gasteiger partial charge on any atom is -0.480 e. The number of hydrogen-bond donors (Lipinski definition) is 2. The van der Waals surface area contributed by atoms with Crippen LogP contribution in [-0.2, 0) is 66.7 Å². The zero-order chi connectivity index (χ0) is 44.7. The lowest BCUT2D eigenvalue weighted by Gasteiger charge is -2.45. The largest absolute Gasteiger partial charge is 0.480 e. The van der Waals surface area contributed by atoms with Gasteiger partial charge in [0, 0.05) is 25.7 Å². The number of ether oxygens (including phenoxy) is 8. The molecule has 4 aliphatic heterocycles. The van der Waals surface area contributed by atoms with Crippen molar-refractivity contribution in [3.63, 3.8) is 0 Å². The van der Waals surface area contributed by atoms with Gasteiger partial charge in [-0.3, -0.25) is 0 Å².